The van der Waals surface area contributed by atoms with Gasteiger partial charge in [0.2, 0.25) is 0 Å². The first-order valence-corrected chi connectivity index (χ1v) is 11.8. The third-order valence-corrected chi connectivity index (χ3v) is 9.60. The van der Waals surface area contributed by atoms with Crippen molar-refractivity contribution in [3.63, 3.8) is 0 Å². The third-order valence-electron chi connectivity index (χ3n) is 6.13. The van der Waals surface area contributed by atoms with Crippen molar-refractivity contribution in [1.82, 2.24) is 0 Å². The molecule has 0 bridgehead atoms. The van der Waals surface area contributed by atoms with E-state index >= 15 is 0 Å². The van der Waals surface area contributed by atoms with Crippen LogP contribution in [0.2, 0.25) is 19.6 Å². The smallest absolute Gasteiger partial charge is 0.294 e. The van der Waals surface area contributed by atoms with Crippen LogP contribution in [0.4, 0.5) is 13.2 Å². The van der Waals surface area contributed by atoms with E-state index in [1.807, 2.05) is 6.92 Å². The topological polar surface area (TPSA) is 17.1 Å². The second-order valence-electron chi connectivity index (χ2n) is 8.34. The summed E-state index contributed by atoms with van der Waals surface area (Å²) in [6.07, 6.45) is -2.95. The van der Waals surface area contributed by atoms with Gasteiger partial charge in [0.25, 0.3) is 0 Å². The number of fused-ring (bicyclic) bond motifs is 3. The van der Waals surface area contributed by atoms with Crippen LogP contribution in [0, 0.1) is 5.92 Å². The van der Waals surface area contributed by atoms with Crippen molar-refractivity contribution in [2.75, 3.05) is 0 Å². The van der Waals surface area contributed by atoms with E-state index in [-0.39, 0.29) is 16.7 Å². The maximum Gasteiger partial charge on any atom is 0.416 e. The lowest BCUT2D eigenvalue weighted by Gasteiger charge is -2.48. The normalized spacial score (nSPS) is 27.3. The summed E-state index contributed by atoms with van der Waals surface area (Å²) in [7, 11) is -1.87. The molecule has 24 heavy (non-hydrogen) atoms. The Labute approximate surface area is 142 Å². The number of carbonyl (C=O) groups is 1. The Kier molecular flexibility index (Phi) is 3.69. The Hall–Kier alpha value is -1.36. The highest BCUT2D eigenvalue weighted by Gasteiger charge is 2.59. The fraction of sp³-hybridized carbons (Fsp3) is 0.526. The molecule has 0 fully saturated rings. The van der Waals surface area contributed by atoms with E-state index in [9.17, 15) is 18.0 Å². The summed E-state index contributed by atoms with van der Waals surface area (Å²) in [6, 6.07) is 3.82. The van der Waals surface area contributed by atoms with Crippen molar-refractivity contribution < 1.29 is 18.0 Å². The fourth-order valence-corrected chi connectivity index (χ4v) is 7.74. The SMILES string of the molecule is CC1=C(C)C[C@]2([Si](C)(C)C)c3ccc(C(F)(F)F)cc3C(=O)[C@@H]2C1. The first-order chi connectivity index (χ1) is 10.9. The molecule has 0 amide bonds. The summed E-state index contributed by atoms with van der Waals surface area (Å²) in [5.41, 5.74) is 2.94. The van der Waals surface area contributed by atoms with Gasteiger partial charge in [0.05, 0.1) is 13.6 Å². The minimum absolute atomic E-state index is 0.0922. The molecule has 0 radical (unpaired) electrons. The van der Waals surface area contributed by atoms with Gasteiger partial charge in [0.1, 0.15) is 0 Å². The van der Waals surface area contributed by atoms with Gasteiger partial charge in [-0.25, -0.2) is 0 Å². The molecule has 1 aromatic rings. The predicted molar refractivity (Wildman–Crippen MR) is 91.9 cm³/mol. The quantitative estimate of drug-likeness (QED) is 0.464. The molecule has 0 saturated carbocycles. The van der Waals surface area contributed by atoms with Crippen LogP contribution in [-0.2, 0) is 11.2 Å². The molecule has 1 aromatic carbocycles. The van der Waals surface area contributed by atoms with Gasteiger partial charge in [-0.05, 0) is 44.4 Å². The zero-order valence-corrected chi connectivity index (χ0v) is 15.8. The molecule has 3 rings (SSSR count). The minimum Gasteiger partial charge on any atom is -0.294 e. The van der Waals surface area contributed by atoms with Gasteiger partial charge in [0, 0.05) is 16.5 Å². The van der Waals surface area contributed by atoms with E-state index < -0.39 is 19.8 Å². The average molecular weight is 352 g/mol. The Morgan fingerprint density at radius 1 is 1.12 bits per heavy atom. The van der Waals surface area contributed by atoms with E-state index in [0.717, 1.165) is 24.1 Å². The van der Waals surface area contributed by atoms with Crippen molar-refractivity contribution in [2.45, 2.75) is 57.5 Å². The number of benzene rings is 1. The summed E-state index contributed by atoms with van der Waals surface area (Å²) >= 11 is 0. The lowest BCUT2D eigenvalue weighted by atomic mass is 9.75. The first-order valence-electron chi connectivity index (χ1n) is 8.31. The van der Waals surface area contributed by atoms with Gasteiger partial charge in [-0.3, -0.25) is 4.79 Å². The summed E-state index contributed by atoms with van der Waals surface area (Å²) in [5.74, 6) is -0.295. The fourth-order valence-electron chi connectivity index (χ4n) is 4.64. The molecular formula is C19H23F3OSi. The Morgan fingerprint density at radius 2 is 1.75 bits per heavy atom. The van der Waals surface area contributed by atoms with Crippen molar-refractivity contribution >= 4 is 13.9 Å². The number of hydrogen-bond acceptors (Lipinski definition) is 1. The molecule has 0 N–H and O–H groups in total. The maximum atomic E-state index is 13.1. The van der Waals surface area contributed by atoms with Crippen molar-refractivity contribution in [1.29, 1.82) is 0 Å². The van der Waals surface area contributed by atoms with Gasteiger partial charge >= 0.3 is 6.18 Å². The standard InChI is InChI=1S/C19H23F3OSi/c1-11-8-16-17(23)14-9-13(19(20,21)22)6-7-15(14)18(16,10-12(11)2)24(3,4)5/h6-7,9,16H,8,10H2,1-5H3/t16-,18-/m0/s1. The average Bonchev–Trinajstić information content (AvgIpc) is 2.69. The van der Waals surface area contributed by atoms with Crippen molar-refractivity contribution in [2.24, 2.45) is 5.92 Å². The summed E-state index contributed by atoms with van der Waals surface area (Å²) in [4.78, 5) is 13.0. The van der Waals surface area contributed by atoms with E-state index in [4.69, 9.17) is 0 Å². The van der Waals surface area contributed by atoms with Crippen LogP contribution in [0.25, 0.3) is 0 Å². The molecule has 1 nitrogen and oxygen atoms in total. The second kappa shape index (κ2) is 5.07. The molecule has 0 aromatic heterocycles. The van der Waals surface area contributed by atoms with Gasteiger partial charge < -0.3 is 0 Å². The highest BCUT2D eigenvalue weighted by molar-refractivity contribution is 6.79. The molecule has 2 atom stereocenters. The Morgan fingerprint density at radius 3 is 2.29 bits per heavy atom. The molecule has 0 unspecified atom stereocenters. The Balaban J connectivity index is 2.27. The molecule has 130 valence electrons. The lowest BCUT2D eigenvalue weighted by Crippen LogP contribution is -2.55. The lowest BCUT2D eigenvalue weighted by molar-refractivity contribution is -0.137. The molecule has 0 spiro atoms. The number of alkyl halides is 3. The second-order valence-corrected chi connectivity index (χ2v) is 13.7. The van der Waals surface area contributed by atoms with E-state index in [1.54, 1.807) is 6.07 Å². The van der Waals surface area contributed by atoms with E-state index in [1.165, 1.54) is 11.1 Å². The number of allylic oxidation sites excluding steroid dienone is 2. The zero-order chi connectivity index (χ0) is 18.1. The molecule has 0 saturated heterocycles. The van der Waals surface area contributed by atoms with Gasteiger partial charge in [-0.1, -0.05) is 36.9 Å². The minimum atomic E-state index is -4.42. The number of hydrogen-bond donors (Lipinski definition) is 0. The van der Waals surface area contributed by atoms with Crippen LogP contribution < -0.4 is 0 Å². The largest absolute Gasteiger partial charge is 0.416 e. The molecule has 2 aliphatic carbocycles. The summed E-state index contributed by atoms with van der Waals surface area (Å²) in [5, 5.41) is -0.285. The zero-order valence-electron chi connectivity index (χ0n) is 14.8. The molecule has 5 heteroatoms. The van der Waals surface area contributed by atoms with Gasteiger partial charge in [-0.2, -0.15) is 13.2 Å². The van der Waals surface area contributed by atoms with Crippen LogP contribution in [0.15, 0.2) is 29.3 Å². The number of halogens is 3. The summed E-state index contributed by atoms with van der Waals surface area (Å²) < 4.78 is 39.3. The maximum absolute atomic E-state index is 13.1. The highest BCUT2D eigenvalue weighted by Crippen LogP contribution is 2.57. The molecule has 2 aliphatic rings. The monoisotopic (exact) mass is 352 g/mol. The molecule has 0 heterocycles. The van der Waals surface area contributed by atoms with Crippen molar-refractivity contribution in [3.8, 4) is 0 Å². The van der Waals surface area contributed by atoms with Crippen LogP contribution in [0.5, 0.6) is 0 Å². The van der Waals surface area contributed by atoms with Crippen LogP contribution in [0.1, 0.15) is 48.2 Å². The van der Waals surface area contributed by atoms with E-state index in [0.29, 0.717) is 12.0 Å². The molecular weight excluding hydrogens is 329 g/mol. The van der Waals surface area contributed by atoms with Crippen LogP contribution in [-0.4, -0.2) is 13.9 Å². The van der Waals surface area contributed by atoms with Crippen molar-refractivity contribution in [3.05, 3.63) is 46.0 Å². The number of Topliss-reactive ketones (excluding diaryl/α,β-unsaturated/α-hetero) is 1. The first kappa shape index (κ1) is 17.5. The van der Waals surface area contributed by atoms with Crippen LogP contribution >= 0.6 is 0 Å². The molecule has 0 aliphatic heterocycles. The van der Waals surface area contributed by atoms with Gasteiger partial charge in [0.15, 0.2) is 5.78 Å². The van der Waals surface area contributed by atoms with Crippen LogP contribution in [0.3, 0.4) is 0 Å². The highest BCUT2D eigenvalue weighted by atomic mass is 28.3. The summed E-state index contributed by atoms with van der Waals surface area (Å²) in [6.45, 7) is 10.8. The Bertz CT molecular complexity index is 755. The predicted octanol–water partition coefficient (Wildman–Crippen LogP) is 5.76. The third kappa shape index (κ3) is 2.24. The number of ketones is 1. The van der Waals surface area contributed by atoms with Gasteiger partial charge in [-0.15, -0.1) is 0 Å². The number of carbonyl (C=O) groups excluding carboxylic acids is 1. The van der Waals surface area contributed by atoms with E-state index in [2.05, 4.69) is 26.6 Å². The number of rotatable bonds is 1.